The molecule has 0 unspecified atom stereocenters. The molecule has 1 N–H and O–H groups in total. The molecule has 0 radical (unpaired) electrons. The van der Waals surface area contributed by atoms with Crippen LogP contribution in [0.5, 0.6) is 0 Å². The van der Waals surface area contributed by atoms with E-state index in [1.54, 1.807) is 0 Å². The number of rotatable bonds is 3. The van der Waals surface area contributed by atoms with Gasteiger partial charge in [-0.1, -0.05) is 12.1 Å². The molecule has 0 bridgehead atoms. The van der Waals surface area contributed by atoms with Crippen LogP contribution in [0.2, 0.25) is 0 Å². The lowest BCUT2D eigenvalue weighted by Gasteiger charge is -2.34. The standard InChI is InChI=1S/C13H16IN3/c14-12-3-1-11(2-4-12)13(5-6-15)17-9-7-16-8-10-17/h1-4,13,16H,5,7-10H2/t13-/m0/s1. The lowest BCUT2D eigenvalue weighted by atomic mass is 10.0. The Hall–Kier alpha value is -0.640. The summed E-state index contributed by atoms with van der Waals surface area (Å²) in [5.74, 6) is 0. The predicted molar refractivity (Wildman–Crippen MR) is 76.6 cm³/mol. The summed E-state index contributed by atoms with van der Waals surface area (Å²) in [5.41, 5.74) is 1.26. The molecule has 4 heteroatoms. The van der Waals surface area contributed by atoms with Gasteiger partial charge in [0.15, 0.2) is 0 Å². The van der Waals surface area contributed by atoms with Gasteiger partial charge in [-0.2, -0.15) is 5.26 Å². The highest BCUT2D eigenvalue weighted by atomic mass is 127. The van der Waals surface area contributed by atoms with Crippen molar-refractivity contribution in [1.82, 2.24) is 10.2 Å². The topological polar surface area (TPSA) is 39.1 Å². The molecule has 0 aromatic heterocycles. The van der Waals surface area contributed by atoms with Crippen molar-refractivity contribution in [2.24, 2.45) is 0 Å². The second-order valence-corrected chi connectivity index (χ2v) is 5.46. The van der Waals surface area contributed by atoms with Crippen LogP contribution in [0.25, 0.3) is 0 Å². The Labute approximate surface area is 116 Å². The number of nitrogens with one attached hydrogen (secondary N) is 1. The molecule has 1 aromatic rings. The molecule has 0 saturated carbocycles. The molecule has 1 atom stereocenters. The lowest BCUT2D eigenvalue weighted by molar-refractivity contribution is 0.175. The summed E-state index contributed by atoms with van der Waals surface area (Å²) >= 11 is 2.31. The van der Waals surface area contributed by atoms with E-state index < -0.39 is 0 Å². The van der Waals surface area contributed by atoms with Crippen LogP contribution >= 0.6 is 22.6 Å². The van der Waals surface area contributed by atoms with E-state index in [9.17, 15) is 0 Å². The quantitative estimate of drug-likeness (QED) is 0.857. The summed E-state index contributed by atoms with van der Waals surface area (Å²) in [6.07, 6.45) is 0.570. The maximum Gasteiger partial charge on any atom is 0.0641 e. The second kappa shape index (κ2) is 6.34. The minimum absolute atomic E-state index is 0.249. The van der Waals surface area contributed by atoms with Crippen molar-refractivity contribution in [3.8, 4) is 6.07 Å². The Morgan fingerprint density at radius 3 is 2.53 bits per heavy atom. The minimum atomic E-state index is 0.249. The molecule has 1 aromatic carbocycles. The highest BCUT2D eigenvalue weighted by Gasteiger charge is 2.21. The van der Waals surface area contributed by atoms with Crippen molar-refractivity contribution in [1.29, 1.82) is 5.26 Å². The molecule has 1 heterocycles. The van der Waals surface area contributed by atoms with Crippen LogP contribution in [0, 0.1) is 14.9 Å². The fraction of sp³-hybridized carbons (Fsp3) is 0.462. The van der Waals surface area contributed by atoms with Crippen LogP contribution in [0.4, 0.5) is 0 Å². The van der Waals surface area contributed by atoms with Gasteiger partial charge in [0.2, 0.25) is 0 Å². The predicted octanol–water partition coefficient (Wildman–Crippen LogP) is 2.15. The van der Waals surface area contributed by atoms with Gasteiger partial charge in [0.05, 0.1) is 12.5 Å². The number of nitriles is 1. The van der Waals surface area contributed by atoms with Gasteiger partial charge in [-0.05, 0) is 40.3 Å². The van der Waals surface area contributed by atoms with Crippen LogP contribution in [0.1, 0.15) is 18.0 Å². The lowest BCUT2D eigenvalue weighted by Crippen LogP contribution is -2.45. The summed E-state index contributed by atoms with van der Waals surface area (Å²) < 4.78 is 1.24. The van der Waals surface area contributed by atoms with Gasteiger partial charge in [0, 0.05) is 35.8 Å². The number of piperazine rings is 1. The van der Waals surface area contributed by atoms with Crippen molar-refractivity contribution in [2.45, 2.75) is 12.5 Å². The van der Waals surface area contributed by atoms with Crippen LogP contribution in [0.15, 0.2) is 24.3 Å². The van der Waals surface area contributed by atoms with Gasteiger partial charge in [0.1, 0.15) is 0 Å². The van der Waals surface area contributed by atoms with Crippen LogP contribution in [-0.4, -0.2) is 31.1 Å². The van der Waals surface area contributed by atoms with Crippen molar-refractivity contribution >= 4 is 22.6 Å². The maximum atomic E-state index is 8.99. The van der Waals surface area contributed by atoms with Crippen molar-refractivity contribution in [3.05, 3.63) is 33.4 Å². The number of nitrogens with zero attached hydrogens (tertiary/aromatic N) is 2. The number of hydrogen-bond acceptors (Lipinski definition) is 3. The van der Waals surface area contributed by atoms with E-state index in [4.69, 9.17) is 5.26 Å². The molecule has 1 aliphatic heterocycles. The van der Waals surface area contributed by atoms with E-state index in [-0.39, 0.29) is 6.04 Å². The Morgan fingerprint density at radius 1 is 1.29 bits per heavy atom. The van der Waals surface area contributed by atoms with Crippen LogP contribution < -0.4 is 5.32 Å². The third-order valence-corrected chi connectivity index (χ3v) is 3.85. The van der Waals surface area contributed by atoms with E-state index >= 15 is 0 Å². The summed E-state index contributed by atoms with van der Waals surface area (Å²) in [6, 6.07) is 11.1. The van der Waals surface area contributed by atoms with E-state index in [1.165, 1.54) is 9.13 Å². The minimum Gasteiger partial charge on any atom is -0.314 e. The summed E-state index contributed by atoms with van der Waals surface area (Å²) in [5, 5.41) is 12.3. The third-order valence-electron chi connectivity index (χ3n) is 3.13. The molecule has 1 saturated heterocycles. The first kappa shape index (κ1) is 12.8. The number of halogens is 1. The molecule has 90 valence electrons. The monoisotopic (exact) mass is 341 g/mol. The van der Waals surface area contributed by atoms with Crippen molar-refractivity contribution in [3.63, 3.8) is 0 Å². The number of hydrogen-bond donors (Lipinski definition) is 1. The molecule has 3 nitrogen and oxygen atoms in total. The second-order valence-electron chi connectivity index (χ2n) is 4.22. The summed E-state index contributed by atoms with van der Waals surface area (Å²) in [6.45, 7) is 4.09. The Morgan fingerprint density at radius 2 is 1.94 bits per heavy atom. The van der Waals surface area contributed by atoms with E-state index in [0.717, 1.165) is 26.2 Å². The van der Waals surface area contributed by atoms with Crippen LogP contribution in [-0.2, 0) is 0 Å². The highest BCUT2D eigenvalue weighted by Crippen LogP contribution is 2.24. The van der Waals surface area contributed by atoms with Gasteiger partial charge in [0.25, 0.3) is 0 Å². The molecular weight excluding hydrogens is 325 g/mol. The summed E-state index contributed by atoms with van der Waals surface area (Å²) in [4.78, 5) is 2.40. The zero-order valence-corrected chi connectivity index (χ0v) is 11.9. The zero-order chi connectivity index (χ0) is 12.1. The summed E-state index contributed by atoms with van der Waals surface area (Å²) in [7, 11) is 0. The molecule has 0 spiro atoms. The molecule has 1 fully saturated rings. The fourth-order valence-electron chi connectivity index (χ4n) is 2.22. The smallest absolute Gasteiger partial charge is 0.0641 e. The Balaban J connectivity index is 2.15. The molecule has 0 amide bonds. The molecule has 1 aliphatic rings. The van der Waals surface area contributed by atoms with Crippen molar-refractivity contribution in [2.75, 3.05) is 26.2 Å². The number of benzene rings is 1. The Kier molecular flexibility index (Phi) is 4.77. The highest BCUT2D eigenvalue weighted by molar-refractivity contribution is 14.1. The van der Waals surface area contributed by atoms with E-state index in [2.05, 4.69) is 63.1 Å². The zero-order valence-electron chi connectivity index (χ0n) is 9.69. The third kappa shape index (κ3) is 3.41. The molecule has 0 aliphatic carbocycles. The molecule has 2 rings (SSSR count). The first-order chi connectivity index (χ1) is 8.31. The average molecular weight is 341 g/mol. The largest absolute Gasteiger partial charge is 0.314 e. The van der Waals surface area contributed by atoms with Gasteiger partial charge >= 0.3 is 0 Å². The average Bonchev–Trinajstić information content (AvgIpc) is 2.38. The van der Waals surface area contributed by atoms with Gasteiger partial charge in [-0.25, -0.2) is 0 Å². The first-order valence-corrected chi connectivity index (χ1v) is 6.96. The SMILES string of the molecule is N#CC[C@@H](c1ccc(I)cc1)N1CCNCC1. The fourth-order valence-corrected chi connectivity index (χ4v) is 2.58. The van der Waals surface area contributed by atoms with Crippen LogP contribution in [0.3, 0.4) is 0 Å². The normalized spacial score (nSPS) is 18.6. The van der Waals surface area contributed by atoms with Crippen molar-refractivity contribution < 1.29 is 0 Å². The Bertz CT molecular complexity index is 390. The van der Waals surface area contributed by atoms with Gasteiger partial charge in [-0.3, -0.25) is 4.90 Å². The first-order valence-electron chi connectivity index (χ1n) is 5.88. The van der Waals surface area contributed by atoms with Gasteiger partial charge in [-0.15, -0.1) is 0 Å². The molecular formula is C13H16IN3. The van der Waals surface area contributed by atoms with E-state index in [1.807, 2.05) is 0 Å². The maximum absolute atomic E-state index is 8.99. The van der Waals surface area contributed by atoms with E-state index in [0.29, 0.717) is 6.42 Å². The molecule has 17 heavy (non-hydrogen) atoms. The van der Waals surface area contributed by atoms with Gasteiger partial charge < -0.3 is 5.32 Å².